The van der Waals surface area contributed by atoms with Crippen LogP contribution in [-0.2, 0) is 11.2 Å². The summed E-state index contributed by atoms with van der Waals surface area (Å²) in [4.78, 5) is 14.4. The van der Waals surface area contributed by atoms with Crippen molar-refractivity contribution in [2.75, 3.05) is 27.2 Å². The van der Waals surface area contributed by atoms with Crippen LogP contribution in [0, 0.1) is 0 Å². The number of benzene rings is 2. The van der Waals surface area contributed by atoms with E-state index >= 15 is 0 Å². The summed E-state index contributed by atoms with van der Waals surface area (Å²) in [7, 11) is 4.18. The molecule has 1 unspecified atom stereocenters. The molecule has 0 heterocycles. The molecule has 0 bridgehead atoms. The van der Waals surface area contributed by atoms with Crippen molar-refractivity contribution >= 4 is 5.97 Å². The molecule has 3 heteroatoms. The van der Waals surface area contributed by atoms with E-state index in [0.29, 0.717) is 18.1 Å². The van der Waals surface area contributed by atoms with Gasteiger partial charge in [0.2, 0.25) is 0 Å². The standard InChI is InChI=1S/C21H27NO2/c1-4-24-21(23)20-13-9-8-12-19(20)16-18(14-15-22(2)3)17-10-6-5-7-11-17/h5-13,18H,4,14-16H2,1-3H3. The maximum absolute atomic E-state index is 12.2. The molecule has 0 fully saturated rings. The van der Waals surface area contributed by atoms with Gasteiger partial charge >= 0.3 is 5.97 Å². The summed E-state index contributed by atoms with van der Waals surface area (Å²) in [5, 5.41) is 0. The van der Waals surface area contributed by atoms with Crippen LogP contribution in [0.3, 0.4) is 0 Å². The summed E-state index contributed by atoms with van der Waals surface area (Å²) in [6, 6.07) is 18.3. The minimum atomic E-state index is -0.229. The van der Waals surface area contributed by atoms with Gasteiger partial charge in [-0.2, -0.15) is 0 Å². The van der Waals surface area contributed by atoms with Crippen LogP contribution in [0.4, 0.5) is 0 Å². The van der Waals surface area contributed by atoms with Gasteiger partial charge in [-0.3, -0.25) is 0 Å². The fraction of sp³-hybridized carbons (Fsp3) is 0.381. The van der Waals surface area contributed by atoms with Crippen LogP contribution in [0.1, 0.15) is 40.7 Å². The molecule has 2 rings (SSSR count). The van der Waals surface area contributed by atoms with Crippen molar-refractivity contribution in [3.8, 4) is 0 Å². The highest BCUT2D eigenvalue weighted by molar-refractivity contribution is 5.91. The summed E-state index contributed by atoms with van der Waals surface area (Å²) in [5.41, 5.74) is 3.06. The van der Waals surface area contributed by atoms with Gasteiger partial charge in [0, 0.05) is 0 Å². The average molecular weight is 325 g/mol. The zero-order chi connectivity index (χ0) is 17.4. The van der Waals surface area contributed by atoms with Gasteiger partial charge < -0.3 is 9.64 Å². The van der Waals surface area contributed by atoms with Gasteiger partial charge in [0.25, 0.3) is 0 Å². The quantitative estimate of drug-likeness (QED) is 0.683. The first-order valence-electron chi connectivity index (χ1n) is 8.56. The van der Waals surface area contributed by atoms with E-state index < -0.39 is 0 Å². The lowest BCUT2D eigenvalue weighted by Crippen LogP contribution is -2.18. The maximum atomic E-state index is 12.2. The van der Waals surface area contributed by atoms with E-state index in [4.69, 9.17) is 4.74 Å². The molecule has 0 radical (unpaired) electrons. The van der Waals surface area contributed by atoms with Gasteiger partial charge in [0.05, 0.1) is 12.2 Å². The van der Waals surface area contributed by atoms with Crippen molar-refractivity contribution < 1.29 is 9.53 Å². The van der Waals surface area contributed by atoms with Crippen molar-refractivity contribution in [3.63, 3.8) is 0 Å². The molecule has 24 heavy (non-hydrogen) atoms. The summed E-state index contributed by atoms with van der Waals surface area (Å²) in [5.74, 6) is 0.150. The second kappa shape index (κ2) is 9.24. The Morgan fingerprint density at radius 2 is 1.71 bits per heavy atom. The second-order valence-electron chi connectivity index (χ2n) is 6.28. The highest BCUT2D eigenvalue weighted by atomic mass is 16.5. The number of ether oxygens (including phenoxy) is 1. The third-order valence-electron chi connectivity index (χ3n) is 4.17. The zero-order valence-electron chi connectivity index (χ0n) is 14.9. The molecule has 0 N–H and O–H groups in total. The molecule has 0 amide bonds. The van der Waals surface area contributed by atoms with Crippen LogP contribution < -0.4 is 0 Å². The van der Waals surface area contributed by atoms with E-state index in [0.717, 1.165) is 24.9 Å². The van der Waals surface area contributed by atoms with Crippen LogP contribution in [-0.4, -0.2) is 38.1 Å². The predicted molar refractivity (Wildman–Crippen MR) is 98.5 cm³/mol. The molecule has 0 aliphatic heterocycles. The van der Waals surface area contributed by atoms with Crippen LogP contribution in [0.25, 0.3) is 0 Å². The summed E-state index contributed by atoms with van der Waals surface area (Å²) >= 11 is 0. The lowest BCUT2D eigenvalue weighted by atomic mass is 9.87. The third kappa shape index (κ3) is 5.20. The molecular formula is C21H27NO2. The lowest BCUT2D eigenvalue weighted by molar-refractivity contribution is 0.0525. The topological polar surface area (TPSA) is 29.5 Å². The van der Waals surface area contributed by atoms with Crippen molar-refractivity contribution in [1.82, 2.24) is 4.90 Å². The second-order valence-corrected chi connectivity index (χ2v) is 6.28. The smallest absolute Gasteiger partial charge is 0.338 e. The van der Waals surface area contributed by atoms with Crippen molar-refractivity contribution in [3.05, 3.63) is 71.3 Å². The monoisotopic (exact) mass is 325 g/mol. The molecule has 1 atom stereocenters. The van der Waals surface area contributed by atoms with Crippen molar-refractivity contribution in [1.29, 1.82) is 0 Å². The first kappa shape index (κ1) is 18.2. The van der Waals surface area contributed by atoms with Gasteiger partial charge in [-0.25, -0.2) is 4.79 Å². The van der Waals surface area contributed by atoms with Crippen LogP contribution in [0.2, 0.25) is 0 Å². The number of rotatable bonds is 8. The molecule has 2 aromatic rings. The van der Waals surface area contributed by atoms with Gasteiger partial charge in [-0.1, -0.05) is 48.5 Å². The van der Waals surface area contributed by atoms with E-state index in [-0.39, 0.29) is 5.97 Å². The summed E-state index contributed by atoms with van der Waals surface area (Å²) < 4.78 is 5.21. The molecule has 0 aliphatic carbocycles. The molecule has 128 valence electrons. The predicted octanol–water partition coefficient (Wildman–Crippen LogP) is 4.14. The van der Waals surface area contributed by atoms with Gasteiger partial charge in [-0.15, -0.1) is 0 Å². The summed E-state index contributed by atoms with van der Waals surface area (Å²) in [6.45, 7) is 3.25. The Morgan fingerprint density at radius 3 is 2.38 bits per heavy atom. The Kier molecular flexibility index (Phi) is 7.01. The third-order valence-corrected chi connectivity index (χ3v) is 4.17. The molecule has 0 aromatic heterocycles. The lowest BCUT2D eigenvalue weighted by Gasteiger charge is -2.21. The van der Waals surface area contributed by atoms with Gasteiger partial charge in [-0.05, 0) is 63.5 Å². The fourth-order valence-electron chi connectivity index (χ4n) is 2.90. The van der Waals surface area contributed by atoms with E-state index in [9.17, 15) is 4.79 Å². The minimum Gasteiger partial charge on any atom is -0.462 e. The van der Waals surface area contributed by atoms with Crippen molar-refractivity contribution in [2.24, 2.45) is 0 Å². The molecule has 0 saturated carbocycles. The van der Waals surface area contributed by atoms with E-state index in [1.807, 2.05) is 37.3 Å². The molecule has 3 nitrogen and oxygen atoms in total. The van der Waals surface area contributed by atoms with Crippen LogP contribution in [0.5, 0.6) is 0 Å². The van der Waals surface area contributed by atoms with Gasteiger partial charge in [0.1, 0.15) is 0 Å². The van der Waals surface area contributed by atoms with Crippen LogP contribution >= 0.6 is 0 Å². The Balaban J connectivity index is 2.24. The van der Waals surface area contributed by atoms with E-state index in [1.165, 1.54) is 5.56 Å². The Morgan fingerprint density at radius 1 is 1.04 bits per heavy atom. The molecule has 0 saturated heterocycles. The highest BCUT2D eigenvalue weighted by Crippen LogP contribution is 2.26. The zero-order valence-corrected chi connectivity index (χ0v) is 14.9. The Hall–Kier alpha value is -2.13. The normalized spacial score (nSPS) is 12.2. The van der Waals surface area contributed by atoms with E-state index in [2.05, 4.69) is 43.3 Å². The molecule has 0 aliphatic rings. The van der Waals surface area contributed by atoms with Crippen LogP contribution in [0.15, 0.2) is 54.6 Å². The molecular weight excluding hydrogens is 298 g/mol. The number of nitrogens with zero attached hydrogens (tertiary/aromatic N) is 1. The molecule has 0 spiro atoms. The largest absolute Gasteiger partial charge is 0.462 e. The number of hydrogen-bond acceptors (Lipinski definition) is 3. The summed E-state index contributed by atoms with van der Waals surface area (Å²) in [6.07, 6.45) is 1.89. The first-order valence-corrected chi connectivity index (χ1v) is 8.56. The Bertz CT molecular complexity index is 637. The first-order chi connectivity index (χ1) is 11.6. The number of carbonyl (C=O) groups excluding carboxylic acids is 1. The number of hydrogen-bond donors (Lipinski definition) is 0. The number of esters is 1. The van der Waals surface area contributed by atoms with Crippen molar-refractivity contribution in [2.45, 2.75) is 25.7 Å². The van der Waals surface area contributed by atoms with Gasteiger partial charge in [0.15, 0.2) is 0 Å². The number of carbonyl (C=O) groups is 1. The highest BCUT2D eigenvalue weighted by Gasteiger charge is 2.18. The maximum Gasteiger partial charge on any atom is 0.338 e. The minimum absolute atomic E-state index is 0.229. The van der Waals surface area contributed by atoms with E-state index in [1.54, 1.807) is 0 Å². The SMILES string of the molecule is CCOC(=O)c1ccccc1CC(CCN(C)C)c1ccccc1. The molecule has 2 aromatic carbocycles. The fourth-order valence-corrected chi connectivity index (χ4v) is 2.90. The Labute approximate surface area is 145 Å². The average Bonchev–Trinajstić information content (AvgIpc) is 2.59.